The van der Waals surface area contributed by atoms with Crippen LogP contribution in [0.4, 0.5) is 5.69 Å². The summed E-state index contributed by atoms with van der Waals surface area (Å²) in [6.07, 6.45) is 5.02. The normalized spacial score (nSPS) is 15.9. The van der Waals surface area contributed by atoms with Gasteiger partial charge in [-0.25, -0.2) is 15.0 Å². The molecule has 2 aromatic heterocycles. The maximum absolute atomic E-state index is 12.7. The van der Waals surface area contributed by atoms with Crippen LogP contribution in [0.1, 0.15) is 27.8 Å². The second-order valence-electron chi connectivity index (χ2n) is 11.4. The Morgan fingerprint density at radius 1 is 1.06 bits per heavy atom. The van der Waals surface area contributed by atoms with Gasteiger partial charge in [-0.2, -0.15) is 0 Å². The van der Waals surface area contributed by atoms with Gasteiger partial charge in [-0.3, -0.25) is 15.1 Å². The minimum atomic E-state index is -0.252. The largest absolute Gasteiger partial charge is 0.493 e. The van der Waals surface area contributed by atoms with E-state index < -0.39 is 0 Å². The molecule has 10 nitrogen and oxygen atoms in total. The van der Waals surface area contributed by atoms with Crippen molar-refractivity contribution in [1.29, 1.82) is 0 Å². The van der Waals surface area contributed by atoms with Crippen molar-refractivity contribution in [2.75, 3.05) is 32.1 Å². The number of thioether (sulfide) groups is 1. The molecule has 7 rings (SSSR count). The molecular weight excluding hydrogens is 677 g/mol. The Morgan fingerprint density at radius 3 is 2.76 bits per heavy atom. The third-order valence-electron chi connectivity index (χ3n) is 8.17. The summed E-state index contributed by atoms with van der Waals surface area (Å²) in [5.41, 5.74) is 6.90. The molecule has 1 unspecified atom stereocenters. The number of aromatic nitrogens is 2. The zero-order valence-corrected chi connectivity index (χ0v) is 29.2. The van der Waals surface area contributed by atoms with Crippen molar-refractivity contribution >= 4 is 62.9 Å². The number of carbonyl (C=O) groups excluding carboxylic acids is 1. The molecule has 0 saturated heterocycles. The Bertz CT molecular complexity index is 1970. The second kappa shape index (κ2) is 15.2. The van der Waals surface area contributed by atoms with E-state index >= 15 is 0 Å². The van der Waals surface area contributed by atoms with Gasteiger partial charge >= 0.3 is 0 Å². The number of rotatable bonds is 11. The van der Waals surface area contributed by atoms with Crippen molar-refractivity contribution in [1.82, 2.24) is 25.3 Å². The van der Waals surface area contributed by atoms with E-state index in [0.717, 1.165) is 43.7 Å². The van der Waals surface area contributed by atoms with Crippen LogP contribution in [0.2, 0.25) is 0 Å². The number of thiophene rings is 1. The van der Waals surface area contributed by atoms with Crippen LogP contribution in [-0.4, -0.2) is 57.7 Å². The Hall–Kier alpha value is -4.69. The van der Waals surface area contributed by atoms with Gasteiger partial charge in [0.1, 0.15) is 17.5 Å². The number of anilines is 1. The number of carbonyl (C=O) groups is 1. The molecule has 5 aromatic rings. The van der Waals surface area contributed by atoms with Gasteiger partial charge in [-0.15, -0.1) is 23.1 Å². The van der Waals surface area contributed by atoms with Gasteiger partial charge in [-0.05, 0) is 83.4 Å². The molecule has 0 radical (unpaired) electrons. The number of hydrogen-bond donors (Lipinski definition) is 2. The maximum Gasteiger partial charge on any atom is 0.266 e. The molecule has 4 heterocycles. The molecule has 0 aliphatic carbocycles. The Balaban J connectivity index is 0.958. The molecule has 1 atom stereocenters. The minimum Gasteiger partial charge on any atom is -0.493 e. The Kier molecular flexibility index (Phi) is 10.2. The van der Waals surface area contributed by atoms with Crippen molar-refractivity contribution in [3.8, 4) is 23.1 Å². The molecule has 0 spiro atoms. The van der Waals surface area contributed by atoms with Crippen molar-refractivity contribution < 1.29 is 19.0 Å². The molecular formula is C36H34N6O4S3. The molecule has 49 heavy (non-hydrogen) atoms. The van der Waals surface area contributed by atoms with E-state index in [1.165, 1.54) is 39.6 Å². The van der Waals surface area contributed by atoms with Crippen molar-refractivity contribution in [3.63, 3.8) is 0 Å². The Labute approximate surface area is 298 Å². The summed E-state index contributed by atoms with van der Waals surface area (Å²) in [6, 6.07) is 23.1. The lowest BCUT2D eigenvalue weighted by Gasteiger charge is -2.33. The van der Waals surface area contributed by atoms with Crippen LogP contribution in [0.25, 0.3) is 10.9 Å². The molecule has 13 heteroatoms. The highest BCUT2D eigenvalue weighted by Gasteiger charge is 2.28. The van der Waals surface area contributed by atoms with E-state index in [1.54, 1.807) is 12.5 Å². The molecule has 2 aliphatic rings. The molecule has 2 aliphatic heterocycles. The zero-order chi connectivity index (χ0) is 33.6. The second-order valence-corrected chi connectivity index (χ2v) is 13.8. The lowest BCUT2D eigenvalue weighted by atomic mass is 10.1. The third kappa shape index (κ3) is 7.81. The number of nitrogens with zero attached hydrogens (tertiary/aromatic N) is 4. The summed E-state index contributed by atoms with van der Waals surface area (Å²) in [6.45, 7) is 3.64. The molecule has 3 aromatic carbocycles. The molecule has 0 fully saturated rings. The number of hydrazine groups is 1. The van der Waals surface area contributed by atoms with Crippen LogP contribution >= 0.6 is 35.3 Å². The third-order valence-corrected chi connectivity index (χ3v) is 10.4. The number of hydrogen-bond acceptors (Lipinski definition) is 10. The highest BCUT2D eigenvalue weighted by molar-refractivity contribution is 8.02. The van der Waals surface area contributed by atoms with Crippen molar-refractivity contribution in [3.05, 3.63) is 112 Å². The monoisotopic (exact) mass is 710 g/mol. The predicted octanol–water partition coefficient (Wildman–Crippen LogP) is 7.31. The summed E-state index contributed by atoms with van der Waals surface area (Å²) in [7, 11) is 1.62. The van der Waals surface area contributed by atoms with Gasteiger partial charge in [-0.1, -0.05) is 30.3 Å². The number of thiocarbonyl (C=S) groups is 1. The van der Waals surface area contributed by atoms with Gasteiger partial charge in [0.25, 0.3) is 5.91 Å². The van der Waals surface area contributed by atoms with E-state index in [0.29, 0.717) is 40.6 Å². The van der Waals surface area contributed by atoms with E-state index in [1.807, 2.05) is 78.1 Å². The van der Waals surface area contributed by atoms with E-state index in [9.17, 15) is 4.79 Å². The minimum absolute atomic E-state index is 0.182. The first-order valence-electron chi connectivity index (χ1n) is 15.8. The lowest BCUT2D eigenvalue weighted by molar-refractivity contribution is -0.128. The topological polar surface area (TPSA) is 101 Å². The molecule has 250 valence electrons. The van der Waals surface area contributed by atoms with Crippen LogP contribution in [0.5, 0.6) is 23.1 Å². The average molecular weight is 711 g/mol. The van der Waals surface area contributed by atoms with Crippen molar-refractivity contribution in [2.24, 2.45) is 0 Å². The lowest BCUT2D eigenvalue weighted by Crippen LogP contribution is -2.49. The summed E-state index contributed by atoms with van der Waals surface area (Å²) >= 11 is 8.93. The number of fused-ring (bicyclic) bond motifs is 2. The molecule has 1 amide bonds. The summed E-state index contributed by atoms with van der Waals surface area (Å²) in [5, 5.41) is 9.39. The first-order chi connectivity index (χ1) is 24.0. The Morgan fingerprint density at radius 2 is 1.92 bits per heavy atom. The number of nitrogens with one attached hydrogen (secondary N) is 2. The SMILES string of the molecule is COc1cc2c(Oc3ccc(NC(=S)NN4C(=O)C=CSC4c4ccccc4)cc3)ncnc2cc1OCCCN1CCc2sccc2C1. The van der Waals surface area contributed by atoms with Crippen molar-refractivity contribution in [2.45, 2.75) is 24.8 Å². The van der Waals surface area contributed by atoms with Crippen LogP contribution in [0.3, 0.4) is 0 Å². The first-order valence-corrected chi connectivity index (χ1v) is 18.1. The number of amides is 1. The zero-order valence-electron chi connectivity index (χ0n) is 26.7. The first kappa shape index (κ1) is 32.8. The quantitative estimate of drug-likeness (QED) is 0.107. The molecule has 2 N–H and O–H groups in total. The summed E-state index contributed by atoms with van der Waals surface area (Å²) in [4.78, 5) is 25.6. The predicted molar refractivity (Wildman–Crippen MR) is 198 cm³/mol. The maximum atomic E-state index is 12.7. The standard InChI is InChI=1S/C36H34N6O4S3/c1-44-30-20-28-29(21-31(30)45-17-5-15-41-16-12-32-25(22-41)13-18-48-32)37-23-38-34(28)46-27-10-8-26(9-11-27)39-36(47)40-42-33(43)14-19-49-35(42)24-6-3-2-4-7-24/h2-4,6-11,13-14,18-21,23,35H,5,12,15-17,22H2,1H3,(H2,39,40,47). The fraction of sp³-hybridized carbons (Fsp3) is 0.222. The van der Waals surface area contributed by atoms with Gasteiger partial charge < -0.3 is 19.5 Å². The number of ether oxygens (including phenoxy) is 3. The van der Waals surface area contributed by atoms with Crippen LogP contribution in [0, 0.1) is 0 Å². The van der Waals surface area contributed by atoms with Crippen LogP contribution in [0.15, 0.2) is 96.0 Å². The fourth-order valence-electron chi connectivity index (χ4n) is 5.74. The van der Waals surface area contributed by atoms with Gasteiger partial charge in [0.05, 0.1) is 24.6 Å². The van der Waals surface area contributed by atoms with Gasteiger partial charge in [0.15, 0.2) is 16.6 Å². The van der Waals surface area contributed by atoms with E-state index in [-0.39, 0.29) is 16.4 Å². The molecule has 0 bridgehead atoms. The summed E-state index contributed by atoms with van der Waals surface area (Å²) < 4.78 is 18.0. The highest BCUT2D eigenvalue weighted by Crippen LogP contribution is 2.37. The smallest absolute Gasteiger partial charge is 0.266 e. The van der Waals surface area contributed by atoms with E-state index in [2.05, 4.69) is 37.1 Å². The van der Waals surface area contributed by atoms with Crippen LogP contribution < -0.4 is 25.0 Å². The highest BCUT2D eigenvalue weighted by atomic mass is 32.2. The van der Waals surface area contributed by atoms with Crippen LogP contribution in [-0.2, 0) is 17.8 Å². The number of benzene rings is 3. The summed E-state index contributed by atoms with van der Waals surface area (Å²) in [5.74, 6) is 2.01. The average Bonchev–Trinajstić information content (AvgIpc) is 3.60. The fourth-order valence-corrected chi connectivity index (χ4v) is 7.78. The van der Waals surface area contributed by atoms with Gasteiger partial charge in [0.2, 0.25) is 5.88 Å². The van der Waals surface area contributed by atoms with E-state index in [4.69, 9.17) is 26.4 Å². The molecule has 0 saturated carbocycles. The van der Waals surface area contributed by atoms with Gasteiger partial charge in [0, 0.05) is 42.3 Å². The number of methoxy groups -OCH3 is 1.